The Bertz CT molecular complexity index is 844. The number of thiophene rings is 1. The van der Waals surface area contributed by atoms with Gasteiger partial charge in [0.25, 0.3) is 0 Å². The summed E-state index contributed by atoms with van der Waals surface area (Å²) in [6.07, 6.45) is 3.83. The monoisotopic (exact) mass is 412 g/mol. The summed E-state index contributed by atoms with van der Waals surface area (Å²) in [7, 11) is 0. The molecule has 1 atom stereocenters. The first-order chi connectivity index (χ1) is 14.2. The lowest BCUT2D eigenvalue weighted by atomic mass is 10.0. The number of hydrogen-bond acceptors (Lipinski definition) is 5. The predicted octanol–water partition coefficient (Wildman–Crippen LogP) is 3.39. The number of rotatable bonds is 8. The average molecular weight is 413 g/mol. The van der Waals surface area contributed by atoms with Crippen LogP contribution in [0.2, 0.25) is 0 Å². The number of morpholine rings is 1. The van der Waals surface area contributed by atoms with Crippen LogP contribution in [0.4, 0.5) is 0 Å². The normalized spacial score (nSPS) is 17.7. The standard InChI is InChI=1S/C23H28N2O3S/c26-21(19-7-6-17-3-1-4-18(17)15-19)8-9-23(27)24-16-20(22-5-2-14-29-22)25-10-12-28-13-11-25/h2,5-7,14-15,20H,1,3-4,8-13,16H2,(H,24,27)/t20-/m1/s1. The van der Waals surface area contributed by atoms with Crippen molar-refractivity contribution in [2.24, 2.45) is 0 Å². The van der Waals surface area contributed by atoms with Gasteiger partial charge in [0.15, 0.2) is 5.78 Å². The summed E-state index contributed by atoms with van der Waals surface area (Å²) >= 11 is 1.71. The van der Waals surface area contributed by atoms with E-state index in [1.807, 2.05) is 18.2 Å². The zero-order valence-corrected chi connectivity index (χ0v) is 17.5. The second-order valence-corrected chi connectivity index (χ2v) is 8.72. The van der Waals surface area contributed by atoms with E-state index in [-0.39, 0.29) is 30.6 Å². The highest BCUT2D eigenvalue weighted by molar-refractivity contribution is 7.10. The van der Waals surface area contributed by atoms with Crippen LogP contribution < -0.4 is 5.32 Å². The topological polar surface area (TPSA) is 58.6 Å². The van der Waals surface area contributed by atoms with Crippen LogP contribution in [0.25, 0.3) is 0 Å². The summed E-state index contributed by atoms with van der Waals surface area (Å²) in [5.41, 5.74) is 3.40. The van der Waals surface area contributed by atoms with Crippen molar-refractivity contribution in [3.8, 4) is 0 Å². The zero-order valence-electron chi connectivity index (χ0n) is 16.7. The summed E-state index contributed by atoms with van der Waals surface area (Å²) in [6, 6.07) is 10.3. The van der Waals surface area contributed by atoms with Gasteiger partial charge in [-0.05, 0) is 47.9 Å². The third-order valence-electron chi connectivity index (χ3n) is 5.85. The number of amides is 1. The molecule has 1 N–H and O–H groups in total. The Balaban J connectivity index is 1.28. The van der Waals surface area contributed by atoms with Gasteiger partial charge in [0.05, 0.1) is 19.3 Å². The summed E-state index contributed by atoms with van der Waals surface area (Å²) in [5.74, 6) is -0.00726. The van der Waals surface area contributed by atoms with Crippen molar-refractivity contribution in [3.05, 3.63) is 57.3 Å². The van der Waals surface area contributed by atoms with E-state index in [0.29, 0.717) is 6.54 Å². The lowest BCUT2D eigenvalue weighted by molar-refractivity contribution is -0.121. The molecule has 1 fully saturated rings. The lowest BCUT2D eigenvalue weighted by Crippen LogP contribution is -2.43. The molecule has 4 rings (SSSR count). The number of carbonyl (C=O) groups is 2. The van der Waals surface area contributed by atoms with Crippen LogP contribution in [0.1, 0.15) is 51.7 Å². The molecule has 1 aromatic carbocycles. The molecule has 29 heavy (non-hydrogen) atoms. The highest BCUT2D eigenvalue weighted by atomic mass is 32.1. The Morgan fingerprint density at radius 2 is 1.93 bits per heavy atom. The van der Waals surface area contributed by atoms with Crippen LogP contribution in [0.15, 0.2) is 35.7 Å². The highest BCUT2D eigenvalue weighted by Crippen LogP contribution is 2.26. The molecule has 2 aromatic rings. The minimum absolute atomic E-state index is 0.0536. The Morgan fingerprint density at radius 3 is 2.72 bits per heavy atom. The maximum absolute atomic E-state index is 12.5. The highest BCUT2D eigenvalue weighted by Gasteiger charge is 2.24. The van der Waals surface area contributed by atoms with E-state index >= 15 is 0 Å². The van der Waals surface area contributed by atoms with Crippen molar-refractivity contribution in [1.29, 1.82) is 0 Å². The van der Waals surface area contributed by atoms with E-state index in [1.54, 1.807) is 11.3 Å². The van der Waals surface area contributed by atoms with Crippen LogP contribution in [0, 0.1) is 0 Å². The molecule has 1 aromatic heterocycles. The molecule has 154 valence electrons. The largest absolute Gasteiger partial charge is 0.379 e. The quantitative estimate of drug-likeness (QED) is 0.675. The Labute approximate surface area is 176 Å². The van der Waals surface area contributed by atoms with Crippen molar-refractivity contribution in [3.63, 3.8) is 0 Å². The Morgan fingerprint density at radius 1 is 1.10 bits per heavy atom. The van der Waals surface area contributed by atoms with Crippen molar-refractivity contribution in [1.82, 2.24) is 10.2 Å². The van der Waals surface area contributed by atoms with Gasteiger partial charge in [-0.15, -0.1) is 11.3 Å². The van der Waals surface area contributed by atoms with Gasteiger partial charge >= 0.3 is 0 Å². The molecule has 0 bridgehead atoms. The molecule has 0 radical (unpaired) electrons. The lowest BCUT2D eigenvalue weighted by Gasteiger charge is -2.34. The number of carbonyl (C=O) groups excluding carboxylic acids is 2. The molecule has 0 unspecified atom stereocenters. The van der Waals surface area contributed by atoms with Gasteiger partial charge in [-0.2, -0.15) is 0 Å². The first kappa shape index (κ1) is 20.3. The zero-order chi connectivity index (χ0) is 20.1. The van der Waals surface area contributed by atoms with Gasteiger partial charge < -0.3 is 10.1 Å². The molecular formula is C23H28N2O3S. The summed E-state index contributed by atoms with van der Waals surface area (Å²) < 4.78 is 5.46. The molecule has 1 saturated heterocycles. The number of hydrogen-bond donors (Lipinski definition) is 1. The van der Waals surface area contributed by atoms with E-state index in [0.717, 1.165) is 44.7 Å². The number of nitrogens with zero attached hydrogens (tertiary/aromatic N) is 1. The van der Waals surface area contributed by atoms with Gasteiger partial charge in [-0.1, -0.05) is 18.2 Å². The SMILES string of the molecule is O=C(CCC(=O)c1ccc2c(c1)CCC2)NC[C@H](c1cccs1)N1CCOCC1. The van der Waals surface area contributed by atoms with Crippen LogP contribution in [0.3, 0.4) is 0 Å². The van der Waals surface area contributed by atoms with Gasteiger partial charge in [0.1, 0.15) is 0 Å². The summed E-state index contributed by atoms with van der Waals surface area (Å²) in [5, 5.41) is 5.12. The first-order valence-electron chi connectivity index (χ1n) is 10.5. The smallest absolute Gasteiger partial charge is 0.220 e. The molecule has 2 heterocycles. The molecule has 1 amide bonds. The van der Waals surface area contributed by atoms with E-state index < -0.39 is 0 Å². The third kappa shape index (κ3) is 5.13. The Kier molecular flexibility index (Phi) is 6.74. The second-order valence-electron chi connectivity index (χ2n) is 7.74. The number of fused-ring (bicyclic) bond motifs is 1. The van der Waals surface area contributed by atoms with Gasteiger partial charge in [-0.25, -0.2) is 0 Å². The molecule has 1 aliphatic carbocycles. The molecule has 6 heteroatoms. The van der Waals surface area contributed by atoms with E-state index in [2.05, 4.69) is 27.7 Å². The van der Waals surface area contributed by atoms with Crippen molar-refractivity contribution >= 4 is 23.0 Å². The first-order valence-corrected chi connectivity index (χ1v) is 11.4. The minimum Gasteiger partial charge on any atom is -0.379 e. The fraction of sp³-hybridized carbons (Fsp3) is 0.478. The number of benzene rings is 1. The van der Waals surface area contributed by atoms with Gasteiger partial charge in [0.2, 0.25) is 5.91 Å². The maximum atomic E-state index is 12.5. The molecule has 5 nitrogen and oxygen atoms in total. The van der Waals surface area contributed by atoms with Crippen molar-refractivity contribution < 1.29 is 14.3 Å². The van der Waals surface area contributed by atoms with E-state index in [4.69, 9.17) is 4.74 Å². The number of nitrogens with one attached hydrogen (secondary N) is 1. The molecule has 0 spiro atoms. The van der Waals surface area contributed by atoms with Crippen molar-refractivity contribution in [2.45, 2.75) is 38.1 Å². The molecule has 1 aliphatic heterocycles. The molecule has 2 aliphatic rings. The third-order valence-corrected chi connectivity index (χ3v) is 6.82. The number of aryl methyl sites for hydroxylation is 2. The average Bonchev–Trinajstić information content (AvgIpc) is 3.44. The van der Waals surface area contributed by atoms with Crippen molar-refractivity contribution in [2.75, 3.05) is 32.8 Å². The minimum atomic E-state index is -0.0608. The molecular weight excluding hydrogens is 384 g/mol. The fourth-order valence-corrected chi connectivity index (χ4v) is 5.06. The molecule has 0 saturated carbocycles. The summed E-state index contributed by atoms with van der Waals surface area (Å²) in [6.45, 7) is 3.76. The van der Waals surface area contributed by atoms with Gasteiger partial charge in [0, 0.05) is 42.9 Å². The van der Waals surface area contributed by atoms with Gasteiger partial charge in [-0.3, -0.25) is 14.5 Å². The van der Waals surface area contributed by atoms with Crippen LogP contribution in [-0.2, 0) is 22.4 Å². The number of ketones is 1. The maximum Gasteiger partial charge on any atom is 0.220 e. The van der Waals surface area contributed by atoms with Crippen LogP contribution in [-0.4, -0.2) is 49.4 Å². The second kappa shape index (κ2) is 9.65. The number of ether oxygens (including phenoxy) is 1. The number of Topliss-reactive ketones (excluding diaryl/α,β-unsaturated/α-hetero) is 1. The Hall–Kier alpha value is -2.02. The van der Waals surface area contributed by atoms with E-state index in [9.17, 15) is 9.59 Å². The fourth-order valence-electron chi connectivity index (χ4n) is 4.20. The summed E-state index contributed by atoms with van der Waals surface area (Å²) in [4.78, 5) is 28.6. The van der Waals surface area contributed by atoms with E-state index in [1.165, 1.54) is 22.4 Å². The predicted molar refractivity (Wildman–Crippen MR) is 114 cm³/mol. The van der Waals surface area contributed by atoms with Crippen LogP contribution >= 0.6 is 11.3 Å². The van der Waals surface area contributed by atoms with Crippen LogP contribution in [0.5, 0.6) is 0 Å².